The lowest BCUT2D eigenvalue weighted by Gasteiger charge is -2.10. The van der Waals surface area contributed by atoms with Gasteiger partial charge in [0.1, 0.15) is 0 Å². The standard InChI is InChI=1S/C7H12/c1-7-5-3-2-4-6-7/h1-6H2/i5D2. The molecule has 0 aromatic rings. The van der Waals surface area contributed by atoms with Crippen molar-refractivity contribution in [3.63, 3.8) is 0 Å². The molecule has 0 N–H and O–H groups in total. The SMILES string of the molecule is [2H]C1([2H])CCCCC1=C. The first kappa shape index (κ1) is 2.91. The van der Waals surface area contributed by atoms with E-state index in [4.69, 9.17) is 2.74 Å². The molecule has 0 radical (unpaired) electrons. The van der Waals surface area contributed by atoms with Crippen molar-refractivity contribution in [2.45, 2.75) is 32.1 Å². The molecule has 0 spiro atoms. The zero-order chi connectivity index (χ0) is 6.91. The van der Waals surface area contributed by atoms with Crippen molar-refractivity contribution in [2.75, 3.05) is 0 Å². The maximum atomic E-state index is 7.40. The summed E-state index contributed by atoms with van der Waals surface area (Å²) in [5.41, 5.74) is 0.786. The molecule has 1 fully saturated rings. The zero-order valence-electron chi connectivity index (χ0n) is 6.54. The molecule has 0 heteroatoms. The summed E-state index contributed by atoms with van der Waals surface area (Å²) in [7, 11) is 0. The predicted octanol–water partition coefficient (Wildman–Crippen LogP) is 2.51. The van der Waals surface area contributed by atoms with Crippen LogP contribution in [0.2, 0.25) is 0 Å². The maximum absolute atomic E-state index is 7.40. The number of hydrogen-bond donors (Lipinski definition) is 0. The van der Waals surface area contributed by atoms with E-state index in [0.29, 0.717) is 6.42 Å². The van der Waals surface area contributed by atoms with Gasteiger partial charge in [-0.25, -0.2) is 0 Å². The van der Waals surface area contributed by atoms with Gasteiger partial charge in [-0.3, -0.25) is 0 Å². The van der Waals surface area contributed by atoms with Gasteiger partial charge in [-0.2, -0.15) is 0 Å². The Balaban J connectivity index is 2.60. The van der Waals surface area contributed by atoms with E-state index < -0.39 is 6.37 Å². The first-order chi connectivity index (χ1) is 4.13. The van der Waals surface area contributed by atoms with Gasteiger partial charge in [0.2, 0.25) is 0 Å². The topological polar surface area (TPSA) is 0 Å². The molecule has 0 aliphatic heterocycles. The lowest BCUT2D eigenvalue weighted by molar-refractivity contribution is 0.601. The molecule has 0 heterocycles. The van der Waals surface area contributed by atoms with Gasteiger partial charge in [0.15, 0.2) is 0 Å². The molecule has 0 aromatic carbocycles. The van der Waals surface area contributed by atoms with Crippen LogP contribution >= 0.6 is 0 Å². The first-order valence-electron chi connectivity index (χ1n) is 3.81. The second-order valence-electron chi connectivity index (χ2n) is 1.99. The molecule has 0 nitrogen and oxygen atoms in total. The van der Waals surface area contributed by atoms with Crippen molar-refractivity contribution in [1.29, 1.82) is 0 Å². The van der Waals surface area contributed by atoms with Gasteiger partial charge in [-0.1, -0.05) is 18.6 Å². The summed E-state index contributed by atoms with van der Waals surface area (Å²) in [6.07, 6.45) is 2.64. The summed E-state index contributed by atoms with van der Waals surface area (Å²) in [6, 6.07) is 0. The molecule has 0 aromatic heterocycles. The van der Waals surface area contributed by atoms with Crippen LogP contribution in [0.3, 0.4) is 0 Å². The highest BCUT2D eigenvalue weighted by molar-refractivity contribution is 4.95. The van der Waals surface area contributed by atoms with Crippen molar-refractivity contribution >= 4 is 0 Å². The minimum atomic E-state index is -1.06. The number of rotatable bonds is 0. The van der Waals surface area contributed by atoms with E-state index in [1.807, 2.05) is 0 Å². The van der Waals surface area contributed by atoms with Crippen molar-refractivity contribution in [2.24, 2.45) is 0 Å². The monoisotopic (exact) mass is 98.1 g/mol. The lowest BCUT2D eigenvalue weighted by Crippen LogP contribution is -1.90. The highest BCUT2D eigenvalue weighted by Crippen LogP contribution is 2.20. The number of hydrogen-bond acceptors (Lipinski definition) is 0. The Labute approximate surface area is 48.0 Å². The normalized spacial score (nSPS) is 34.0. The Morgan fingerprint density at radius 1 is 1.43 bits per heavy atom. The summed E-state index contributed by atoms with van der Waals surface area (Å²) in [6.45, 7) is 3.69. The maximum Gasteiger partial charge on any atom is 0.0312 e. The van der Waals surface area contributed by atoms with Crippen LogP contribution in [0.1, 0.15) is 34.8 Å². The Kier molecular flexibility index (Phi) is 0.894. The zero-order valence-corrected chi connectivity index (χ0v) is 4.54. The minimum Gasteiger partial charge on any atom is -0.0999 e. The van der Waals surface area contributed by atoms with Crippen LogP contribution in [-0.4, -0.2) is 0 Å². The van der Waals surface area contributed by atoms with E-state index >= 15 is 0 Å². The molecule has 7 heavy (non-hydrogen) atoms. The van der Waals surface area contributed by atoms with E-state index in [0.717, 1.165) is 24.8 Å². The molecular formula is C7H12. The molecule has 0 saturated heterocycles. The van der Waals surface area contributed by atoms with Crippen molar-refractivity contribution in [3.05, 3.63) is 12.2 Å². The Morgan fingerprint density at radius 2 is 2.29 bits per heavy atom. The van der Waals surface area contributed by atoms with E-state index in [9.17, 15) is 0 Å². The number of allylic oxidation sites excluding steroid dienone is 1. The third kappa shape index (κ3) is 1.34. The second kappa shape index (κ2) is 2.15. The van der Waals surface area contributed by atoms with Gasteiger partial charge in [0, 0.05) is 2.74 Å². The van der Waals surface area contributed by atoms with E-state index in [1.54, 1.807) is 0 Å². The molecule has 40 valence electrons. The lowest BCUT2D eigenvalue weighted by atomic mass is 9.97. The fraction of sp³-hybridized carbons (Fsp3) is 0.714. The minimum absolute atomic E-state index is 0.672. The van der Waals surface area contributed by atoms with Gasteiger partial charge in [0.05, 0.1) is 0 Å². The van der Waals surface area contributed by atoms with E-state index in [1.165, 1.54) is 0 Å². The summed E-state index contributed by atoms with van der Waals surface area (Å²) < 4.78 is 14.8. The molecule has 0 bridgehead atoms. The van der Waals surface area contributed by atoms with Gasteiger partial charge < -0.3 is 0 Å². The van der Waals surface area contributed by atoms with Crippen LogP contribution in [-0.2, 0) is 0 Å². The van der Waals surface area contributed by atoms with Crippen LogP contribution in [0.15, 0.2) is 12.2 Å². The first-order valence-corrected chi connectivity index (χ1v) is 2.81. The van der Waals surface area contributed by atoms with Crippen LogP contribution in [0.4, 0.5) is 0 Å². The smallest absolute Gasteiger partial charge is 0.0312 e. The fourth-order valence-electron chi connectivity index (χ4n) is 0.817. The Bertz CT molecular complexity index is 127. The summed E-state index contributed by atoms with van der Waals surface area (Å²) in [4.78, 5) is 0. The van der Waals surface area contributed by atoms with Crippen molar-refractivity contribution in [3.8, 4) is 0 Å². The quantitative estimate of drug-likeness (QED) is 0.408. The molecule has 0 atom stereocenters. The molecule has 1 rings (SSSR count). The van der Waals surface area contributed by atoms with Gasteiger partial charge in [0.25, 0.3) is 0 Å². The fourth-order valence-corrected chi connectivity index (χ4v) is 0.817. The van der Waals surface area contributed by atoms with Crippen LogP contribution < -0.4 is 0 Å². The van der Waals surface area contributed by atoms with Crippen molar-refractivity contribution in [1.82, 2.24) is 0 Å². The molecule has 0 amide bonds. The molecular weight excluding hydrogens is 84.1 g/mol. The van der Waals surface area contributed by atoms with Crippen LogP contribution in [0, 0.1) is 0 Å². The van der Waals surface area contributed by atoms with E-state index in [2.05, 4.69) is 6.58 Å². The average Bonchev–Trinajstić information content (AvgIpc) is 1.77. The molecule has 1 aliphatic carbocycles. The highest BCUT2D eigenvalue weighted by atomic mass is 14.1. The molecule has 1 saturated carbocycles. The Morgan fingerprint density at radius 3 is 2.71 bits per heavy atom. The van der Waals surface area contributed by atoms with E-state index in [-0.39, 0.29) is 0 Å². The predicted molar refractivity (Wildman–Crippen MR) is 32.2 cm³/mol. The third-order valence-electron chi connectivity index (χ3n) is 1.28. The summed E-state index contributed by atoms with van der Waals surface area (Å²) >= 11 is 0. The van der Waals surface area contributed by atoms with Crippen LogP contribution in [0.5, 0.6) is 0 Å². The molecule has 1 aliphatic rings. The van der Waals surface area contributed by atoms with Gasteiger partial charge in [-0.15, -0.1) is 0 Å². The second-order valence-corrected chi connectivity index (χ2v) is 1.99. The molecule has 0 unspecified atom stereocenters. The largest absolute Gasteiger partial charge is 0.0999 e. The van der Waals surface area contributed by atoms with Crippen LogP contribution in [0.25, 0.3) is 0 Å². The van der Waals surface area contributed by atoms with Gasteiger partial charge in [-0.05, 0) is 25.6 Å². The summed E-state index contributed by atoms with van der Waals surface area (Å²) in [5.74, 6) is 0. The highest BCUT2D eigenvalue weighted by Gasteiger charge is 2.00. The third-order valence-corrected chi connectivity index (χ3v) is 1.28. The van der Waals surface area contributed by atoms with Crippen molar-refractivity contribution < 1.29 is 2.74 Å². The van der Waals surface area contributed by atoms with Gasteiger partial charge >= 0.3 is 0 Å². The average molecular weight is 98.2 g/mol. The summed E-state index contributed by atoms with van der Waals surface area (Å²) in [5, 5.41) is 0. The Hall–Kier alpha value is -0.260.